The lowest BCUT2D eigenvalue weighted by Gasteiger charge is -2.34. The van der Waals surface area contributed by atoms with Gasteiger partial charge in [0.1, 0.15) is 0 Å². The highest BCUT2D eigenvalue weighted by molar-refractivity contribution is 7.13. The number of nitrogens with one attached hydrogen (secondary N) is 1. The summed E-state index contributed by atoms with van der Waals surface area (Å²) in [5, 5.41) is 10.1. The first kappa shape index (κ1) is 16.2. The van der Waals surface area contributed by atoms with Gasteiger partial charge in [-0.1, -0.05) is 29.8 Å². The van der Waals surface area contributed by atoms with E-state index in [1.807, 2.05) is 23.1 Å². The Balaban J connectivity index is 1.42. The third-order valence-corrected chi connectivity index (χ3v) is 5.58. The predicted octanol–water partition coefficient (Wildman–Crippen LogP) is 3.75. The molecule has 4 rings (SSSR count). The highest BCUT2D eigenvalue weighted by Gasteiger charge is 2.24. The zero-order chi connectivity index (χ0) is 17.2. The van der Waals surface area contributed by atoms with Gasteiger partial charge in [-0.2, -0.15) is 5.10 Å². The number of carbonyl (C=O) groups is 1. The first-order valence-electron chi connectivity index (χ1n) is 8.10. The molecule has 1 amide bonds. The number of piperazine rings is 1. The molecule has 0 spiro atoms. The van der Waals surface area contributed by atoms with Crippen LogP contribution in [0, 0.1) is 0 Å². The number of benzene rings is 1. The molecule has 5 nitrogen and oxygen atoms in total. The van der Waals surface area contributed by atoms with Gasteiger partial charge in [-0.3, -0.25) is 9.89 Å². The lowest BCUT2D eigenvalue weighted by Crippen LogP contribution is -2.49. The second kappa shape index (κ2) is 6.90. The minimum Gasteiger partial charge on any atom is -0.352 e. The van der Waals surface area contributed by atoms with E-state index in [1.165, 1.54) is 4.88 Å². The fraction of sp³-hybridized carbons (Fsp3) is 0.222. The zero-order valence-electron chi connectivity index (χ0n) is 13.5. The van der Waals surface area contributed by atoms with E-state index in [4.69, 9.17) is 11.6 Å². The number of aromatic amines is 1. The summed E-state index contributed by atoms with van der Waals surface area (Å²) in [6, 6.07) is 13.4. The average Bonchev–Trinajstić information content (AvgIpc) is 3.33. The second-order valence-electron chi connectivity index (χ2n) is 5.88. The molecular formula is C18H17ClN4OS. The molecule has 1 aliphatic heterocycles. The van der Waals surface area contributed by atoms with Crippen molar-refractivity contribution >= 4 is 34.7 Å². The lowest BCUT2D eigenvalue weighted by molar-refractivity contribution is 0.0746. The molecule has 0 radical (unpaired) electrons. The third-order valence-electron chi connectivity index (χ3n) is 4.35. The molecule has 128 valence electrons. The Kier molecular flexibility index (Phi) is 4.46. The van der Waals surface area contributed by atoms with Gasteiger partial charge in [0, 0.05) is 32.2 Å². The molecule has 1 fully saturated rings. The van der Waals surface area contributed by atoms with Crippen LogP contribution in [0.5, 0.6) is 0 Å². The number of nitrogens with zero attached hydrogens (tertiary/aromatic N) is 3. The standard InChI is InChI=1S/C18H17ClN4OS/c19-14-5-2-1-4-13(14)18(24)23-9-7-22(8-10-23)17-12-15(20-21-17)16-6-3-11-25-16/h1-6,11-12H,7-10H2,(H,20,21). The van der Waals surface area contributed by atoms with Crippen LogP contribution in [0.3, 0.4) is 0 Å². The van der Waals surface area contributed by atoms with Crippen molar-refractivity contribution in [3.8, 4) is 10.6 Å². The Hall–Kier alpha value is -2.31. The van der Waals surface area contributed by atoms with Crippen molar-refractivity contribution in [1.82, 2.24) is 15.1 Å². The van der Waals surface area contributed by atoms with Crippen LogP contribution in [0.25, 0.3) is 10.6 Å². The quantitative estimate of drug-likeness (QED) is 0.761. The van der Waals surface area contributed by atoms with Gasteiger partial charge in [0.05, 0.1) is 21.2 Å². The van der Waals surface area contributed by atoms with Gasteiger partial charge in [0.25, 0.3) is 5.91 Å². The molecule has 3 heterocycles. The molecule has 0 atom stereocenters. The summed E-state index contributed by atoms with van der Waals surface area (Å²) >= 11 is 7.83. The fourth-order valence-corrected chi connectivity index (χ4v) is 3.88. The van der Waals surface area contributed by atoms with Crippen LogP contribution in [-0.4, -0.2) is 47.2 Å². The molecule has 3 aromatic rings. The molecule has 2 aromatic heterocycles. The van der Waals surface area contributed by atoms with Crippen molar-refractivity contribution < 1.29 is 4.79 Å². The highest BCUT2D eigenvalue weighted by Crippen LogP contribution is 2.26. The number of anilines is 1. The Labute approximate surface area is 154 Å². The third kappa shape index (κ3) is 3.27. The van der Waals surface area contributed by atoms with Gasteiger partial charge < -0.3 is 9.80 Å². The maximum Gasteiger partial charge on any atom is 0.255 e. The summed E-state index contributed by atoms with van der Waals surface area (Å²) in [4.78, 5) is 17.8. The van der Waals surface area contributed by atoms with Crippen LogP contribution < -0.4 is 4.90 Å². The average molecular weight is 373 g/mol. The second-order valence-corrected chi connectivity index (χ2v) is 7.23. The summed E-state index contributed by atoms with van der Waals surface area (Å²) in [5.74, 6) is 0.916. The number of carbonyl (C=O) groups excluding carboxylic acids is 1. The number of hydrogen-bond donors (Lipinski definition) is 1. The number of H-pyrrole nitrogens is 1. The van der Waals surface area contributed by atoms with Gasteiger partial charge >= 0.3 is 0 Å². The summed E-state index contributed by atoms with van der Waals surface area (Å²) < 4.78 is 0. The van der Waals surface area contributed by atoms with Crippen molar-refractivity contribution in [2.24, 2.45) is 0 Å². The van der Waals surface area contributed by atoms with Gasteiger partial charge in [0.15, 0.2) is 5.82 Å². The molecule has 25 heavy (non-hydrogen) atoms. The molecule has 0 unspecified atom stereocenters. The van der Waals surface area contributed by atoms with E-state index < -0.39 is 0 Å². The van der Waals surface area contributed by atoms with Crippen LogP contribution in [0.1, 0.15) is 10.4 Å². The van der Waals surface area contributed by atoms with E-state index in [2.05, 4.69) is 32.6 Å². The van der Waals surface area contributed by atoms with Crippen LogP contribution in [0.2, 0.25) is 5.02 Å². The van der Waals surface area contributed by atoms with Gasteiger partial charge in [0.2, 0.25) is 0 Å². The Morgan fingerprint density at radius 2 is 1.92 bits per heavy atom. The van der Waals surface area contributed by atoms with E-state index in [0.717, 1.165) is 24.6 Å². The minimum atomic E-state index is -0.00782. The predicted molar refractivity (Wildman–Crippen MR) is 101 cm³/mol. The number of halogens is 1. The highest BCUT2D eigenvalue weighted by atomic mass is 35.5. The monoisotopic (exact) mass is 372 g/mol. The normalized spacial score (nSPS) is 14.8. The van der Waals surface area contributed by atoms with Crippen LogP contribution in [-0.2, 0) is 0 Å². The fourth-order valence-electron chi connectivity index (χ4n) is 2.97. The molecule has 1 saturated heterocycles. The van der Waals surface area contributed by atoms with Crippen molar-refractivity contribution in [2.45, 2.75) is 0 Å². The van der Waals surface area contributed by atoms with Crippen molar-refractivity contribution in [1.29, 1.82) is 0 Å². The van der Waals surface area contributed by atoms with Gasteiger partial charge in [-0.25, -0.2) is 0 Å². The van der Waals surface area contributed by atoms with Gasteiger partial charge in [-0.05, 0) is 23.6 Å². The summed E-state index contributed by atoms with van der Waals surface area (Å²) in [5.41, 5.74) is 1.59. The Morgan fingerprint density at radius 3 is 2.64 bits per heavy atom. The van der Waals surface area contributed by atoms with E-state index in [0.29, 0.717) is 23.7 Å². The summed E-state index contributed by atoms with van der Waals surface area (Å²) in [6.07, 6.45) is 0. The first-order valence-corrected chi connectivity index (χ1v) is 9.36. The molecule has 1 aliphatic rings. The van der Waals surface area contributed by atoms with Crippen LogP contribution >= 0.6 is 22.9 Å². The molecule has 1 N–H and O–H groups in total. The molecule has 0 bridgehead atoms. The number of thiophene rings is 1. The summed E-state index contributed by atoms with van der Waals surface area (Å²) in [7, 11) is 0. The van der Waals surface area contributed by atoms with Gasteiger partial charge in [-0.15, -0.1) is 11.3 Å². The van der Waals surface area contributed by atoms with Crippen LogP contribution in [0.15, 0.2) is 47.8 Å². The maximum absolute atomic E-state index is 12.6. The number of rotatable bonds is 3. The largest absolute Gasteiger partial charge is 0.352 e. The van der Waals surface area contributed by atoms with E-state index in [1.54, 1.807) is 23.5 Å². The minimum absolute atomic E-state index is 0.00782. The first-order chi connectivity index (χ1) is 12.2. The maximum atomic E-state index is 12.6. The zero-order valence-corrected chi connectivity index (χ0v) is 15.1. The molecular weight excluding hydrogens is 356 g/mol. The Bertz CT molecular complexity index is 869. The lowest BCUT2D eigenvalue weighted by atomic mass is 10.2. The SMILES string of the molecule is O=C(c1ccccc1Cl)N1CCN(c2cc(-c3cccs3)[nH]n2)CC1. The molecule has 1 aromatic carbocycles. The van der Waals surface area contributed by atoms with E-state index in [9.17, 15) is 4.79 Å². The Morgan fingerprint density at radius 1 is 1.12 bits per heavy atom. The summed E-state index contributed by atoms with van der Waals surface area (Å²) in [6.45, 7) is 2.83. The van der Waals surface area contributed by atoms with Crippen molar-refractivity contribution in [3.63, 3.8) is 0 Å². The molecule has 0 aliphatic carbocycles. The molecule has 7 heteroatoms. The number of amides is 1. The smallest absolute Gasteiger partial charge is 0.255 e. The number of aromatic nitrogens is 2. The van der Waals surface area contributed by atoms with E-state index in [-0.39, 0.29) is 5.91 Å². The van der Waals surface area contributed by atoms with Crippen molar-refractivity contribution in [3.05, 3.63) is 58.4 Å². The topological polar surface area (TPSA) is 52.2 Å². The van der Waals surface area contributed by atoms with Crippen molar-refractivity contribution in [2.75, 3.05) is 31.1 Å². The molecule has 0 saturated carbocycles. The van der Waals surface area contributed by atoms with E-state index >= 15 is 0 Å². The number of hydrogen-bond acceptors (Lipinski definition) is 4. The van der Waals surface area contributed by atoms with Crippen LogP contribution in [0.4, 0.5) is 5.82 Å².